The van der Waals surface area contributed by atoms with Crippen LogP contribution >= 0.6 is 0 Å². The smallest absolute Gasteiger partial charge is 0.246 e. The number of amides is 3. The van der Waals surface area contributed by atoms with E-state index >= 15 is 0 Å². The highest BCUT2D eigenvalue weighted by Crippen LogP contribution is 2.59. The number of anilines is 1. The second-order valence-corrected chi connectivity index (χ2v) is 11.0. The van der Waals surface area contributed by atoms with E-state index < -0.39 is 40.5 Å². The maximum Gasteiger partial charge on any atom is 0.246 e. The molecule has 1 spiro atoms. The molecule has 1 aromatic heterocycles. The second-order valence-electron chi connectivity index (χ2n) is 11.0. The third-order valence-corrected chi connectivity index (χ3v) is 7.13. The molecule has 4 aliphatic rings. The fourth-order valence-corrected chi connectivity index (χ4v) is 5.90. The number of hydrogen-bond donors (Lipinski definition) is 2. The number of rotatable bonds is 5. The van der Waals surface area contributed by atoms with Gasteiger partial charge in [0.15, 0.2) is 5.82 Å². The van der Waals surface area contributed by atoms with E-state index in [1.165, 1.54) is 0 Å². The fraction of sp³-hybridized carbons (Fsp3) is 0.667. The molecule has 5 rings (SSSR count). The molecule has 10 heteroatoms. The number of likely N-dealkylation sites (tertiary alicyclic amines) is 1. The third kappa shape index (κ3) is 3.54. The molecular weight excluding hydrogens is 440 g/mol. The summed E-state index contributed by atoms with van der Waals surface area (Å²) in [7, 11) is 0. The van der Waals surface area contributed by atoms with Gasteiger partial charge in [-0.3, -0.25) is 14.4 Å². The highest BCUT2D eigenvalue weighted by Gasteiger charge is 2.76. The Bertz CT molecular complexity index is 1050. The standard InChI is InChI=1S/C24H32N4O6/c1-13-11-15(27-33-13)25-19(29)16-17-21(31)28(12-14-7-6-10-32-14)18(20(30)26-22(2,3)4)24(17)9-8-23(16,5)34-24/h8-9,11,14,16-18H,6-7,10,12H2,1-5H3,(H,26,30)(H,25,27,29)/t14-,16-,17-,18+,23-,24+/m0/s1. The Morgan fingerprint density at radius 3 is 2.65 bits per heavy atom. The minimum atomic E-state index is -1.23. The van der Waals surface area contributed by atoms with E-state index in [1.54, 1.807) is 24.8 Å². The summed E-state index contributed by atoms with van der Waals surface area (Å²) >= 11 is 0. The molecule has 1 aromatic rings. The fourth-order valence-electron chi connectivity index (χ4n) is 5.90. The first kappa shape index (κ1) is 23.0. The van der Waals surface area contributed by atoms with Crippen LogP contribution in [0.4, 0.5) is 5.82 Å². The summed E-state index contributed by atoms with van der Waals surface area (Å²) in [5.74, 6) is -1.81. The lowest BCUT2D eigenvalue weighted by molar-refractivity contribution is -0.146. The van der Waals surface area contributed by atoms with Gasteiger partial charge >= 0.3 is 0 Å². The summed E-state index contributed by atoms with van der Waals surface area (Å²) in [6, 6.07) is 0.707. The van der Waals surface area contributed by atoms with Crippen LogP contribution in [-0.4, -0.2) is 69.8 Å². The molecule has 34 heavy (non-hydrogen) atoms. The zero-order chi connectivity index (χ0) is 24.5. The number of aromatic nitrogens is 1. The molecular formula is C24H32N4O6. The normalized spacial score (nSPS) is 36.3. The van der Waals surface area contributed by atoms with E-state index in [0.29, 0.717) is 12.4 Å². The summed E-state index contributed by atoms with van der Waals surface area (Å²) in [6.07, 6.45) is 5.20. The average Bonchev–Trinajstić information content (AvgIpc) is 3.50. The van der Waals surface area contributed by atoms with Crippen LogP contribution in [0.5, 0.6) is 0 Å². The van der Waals surface area contributed by atoms with Crippen molar-refractivity contribution >= 4 is 23.5 Å². The van der Waals surface area contributed by atoms with Gasteiger partial charge < -0.3 is 29.5 Å². The summed E-state index contributed by atoms with van der Waals surface area (Å²) in [6.45, 7) is 10.1. The molecule has 0 saturated carbocycles. The summed E-state index contributed by atoms with van der Waals surface area (Å²) in [4.78, 5) is 42.5. The van der Waals surface area contributed by atoms with Gasteiger partial charge in [-0.25, -0.2) is 0 Å². The van der Waals surface area contributed by atoms with Crippen LogP contribution in [-0.2, 0) is 23.9 Å². The van der Waals surface area contributed by atoms with E-state index in [-0.39, 0.29) is 30.3 Å². The van der Waals surface area contributed by atoms with Gasteiger partial charge in [0.2, 0.25) is 17.7 Å². The minimum absolute atomic E-state index is 0.147. The zero-order valence-corrected chi connectivity index (χ0v) is 20.2. The van der Waals surface area contributed by atoms with Crippen LogP contribution in [0.25, 0.3) is 0 Å². The predicted octanol–water partition coefficient (Wildman–Crippen LogP) is 1.56. The van der Waals surface area contributed by atoms with Crippen molar-refractivity contribution in [1.29, 1.82) is 0 Å². The topological polar surface area (TPSA) is 123 Å². The molecule has 2 bridgehead atoms. The lowest BCUT2D eigenvalue weighted by Gasteiger charge is -2.35. The van der Waals surface area contributed by atoms with Crippen molar-refractivity contribution in [3.05, 3.63) is 24.0 Å². The van der Waals surface area contributed by atoms with E-state index in [0.717, 1.165) is 12.8 Å². The molecule has 4 aliphatic heterocycles. The van der Waals surface area contributed by atoms with Gasteiger partial charge in [-0.05, 0) is 47.5 Å². The summed E-state index contributed by atoms with van der Waals surface area (Å²) in [5, 5.41) is 9.62. The largest absolute Gasteiger partial charge is 0.376 e. The van der Waals surface area contributed by atoms with Crippen molar-refractivity contribution in [3.63, 3.8) is 0 Å². The van der Waals surface area contributed by atoms with Crippen LogP contribution in [0.15, 0.2) is 22.7 Å². The Morgan fingerprint density at radius 1 is 1.26 bits per heavy atom. The van der Waals surface area contributed by atoms with Gasteiger partial charge in [-0.2, -0.15) is 0 Å². The molecule has 6 atom stereocenters. The Morgan fingerprint density at radius 2 is 2.03 bits per heavy atom. The Balaban J connectivity index is 1.51. The van der Waals surface area contributed by atoms with Crippen molar-refractivity contribution < 1.29 is 28.4 Å². The Labute approximate surface area is 198 Å². The van der Waals surface area contributed by atoms with Crippen molar-refractivity contribution in [2.45, 2.75) is 76.3 Å². The number of carbonyl (C=O) groups is 3. The van der Waals surface area contributed by atoms with Gasteiger partial charge in [0, 0.05) is 24.8 Å². The molecule has 0 aliphatic carbocycles. The van der Waals surface area contributed by atoms with Crippen molar-refractivity contribution in [1.82, 2.24) is 15.4 Å². The number of fused-ring (bicyclic) bond motifs is 1. The summed E-state index contributed by atoms with van der Waals surface area (Å²) in [5.41, 5.74) is -2.77. The van der Waals surface area contributed by atoms with Gasteiger partial charge in [-0.15, -0.1) is 0 Å². The molecule has 3 amide bonds. The lowest BCUT2D eigenvalue weighted by atomic mass is 9.70. The minimum Gasteiger partial charge on any atom is -0.376 e. The number of aryl methyl sites for hydroxylation is 1. The molecule has 184 valence electrons. The molecule has 0 radical (unpaired) electrons. The zero-order valence-electron chi connectivity index (χ0n) is 20.2. The van der Waals surface area contributed by atoms with Crippen molar-refractivity contribution in [2.75, 3.05) is 18.5 Å². The lowest BCUT2D eigenvalue weighted by Crippen LogP contribution is -2.58. The van der Waals surface area contributed by atoms with E-state index in [9.17, 15) is 14.4 Å². The molecule has 2 N–H and O–H groups in total. The average molecular weight is 473 g/mol. The highest BCUT2D eigenvalue weighted by atomic mass is 16.5. The predicted molar refractivity (Wildman–Crippen MR) is 121 cm³/mol. The quantitative estimate of drug-likeness (QED) is 0.624. The summed E-state index contributed by atoms with van der Waals surface area (Å²) < 4.78 is 17.3. The van der Waals surface area contributed by atoms with E-state index in [1.807, 2.05) is 32.9 Å². The number of nitrogens with zero attached hydrogens (tertiary/aromatic N) is 2. The molecule has 3 fully saturated rings. The Hall–Kier alpha value is -2.72. The van der Waals surface area contributed by atoms with Crippen LogP contribution in [0, 0.1) is 18.8 Å². The molecule has 3 saturated heterocycles. The maximum atomic E-state index is 13.9. The van der Waals surface area contributed by atoms with Crippen LogP contribution in [0.2, 0.25) is 0 Å². The third-order valence-electron chi connectivity index (χ3n) is 7.13. The second kappa shape index (κ2) is 7.64. The number of ether oxygens (including phenoxy) is 2. The SMILES string of the molecule is Cc1cc(NC(=O)[C@@H]2[C@H]3C(=O)N(C[C@@H]4CCCO4)[C@H](C(=O)NC(C)(C)C)[C@@]34C=C[C@]2(C)O4)no1. The van der Waals surface area contributed by atoms with Gasteiger partial charge in [-0.1, -0.05) is 17.3 Å². The van der Waals surface area contributed by atoms with Crippen molar-refractivity contribution in [3.8, 4) is 0 Å². The first-order chi connectivity index (χ1) is 15.9. The van der Waals surface area contributed by atoms with E-state index in [2.05, 4.69) is 15.8 Å². The van der Waals surface area contributed by atoms with Crippen LogP contribution < -0.4 is 10.6 Å². The monoisotopic (exact) mass is 472 g/mol. The number of carbonyl (C=O) groups excluding carboxylic acids is 3. The Kier molecular flexibility index (Phi) is 5.18. The van der Waals surface area contributed by atoms with E-state index in [4.69, 9.17) is 14.0 Å². The van der Waals surface area contributed by atoms with Gasteiger partial charge in [0.25, 0.3) is 0 Å². The maximum absolute atomic E-state index is 13.9. The van der Waals surface area contributed by atoms with Crippen LogP contribution in [0.3, 0.4) is 0 Å². The first-order valence-corrected chi connectivity index (χ1v) is 11.8. The van der Waals surface area contributed by atoms with Crippen LogP contribution in [0.1, 0.15) is 46.3 Å². The molecule has 10 nitrogen and oxygen atoms in total. The molecule has 0 aromatic carbocycles. The highest BCUT2D eigenvalue weighted by molar-refractivity contribution is 6.03. The molecule has 5 heterocycles. The number of nitrogens with one attached hydrogen (secondary N) is 2. The van der Waals surface area contributed by atoms with Gasteiger partial charge in [0.1, 0.15) is 17.4 Å². The molecule has 0 unspecified atom stereocenters. The number of hydrogen-bond acceptors (Lipinski definition) is 7. The van der Waals surface area contributed by atoms with Gasteiger partial charge in [0.05, 0.1) is 23.5 Å². The van der Waals surface area contributed by atoms with Crippen molar-refractivity contribution in [2.24, 2.45) is 11.8 Å². The first-order valence-electron chi connectivity index (χ1n) is 11.8.